The molecule has 0 saturated heterocycles. The van der Waals surface area contributed by atoms with Crippen LogP contribution in [0.5, 0.6) is 0 Å². The van der Waals surface area contributed by atoms with Crippen molar-refractivity contribution in [2.45, 2.75) is 39.0 Å². The van der Waals surface area contributed by atoms with E-state index in [9.17, 15) is 0 Å². The lowest BCUT2D eigenvalue weighted by Gasteiger charge is -2.12. The van der Waals surface area contributed by atoms with Gasteiger partial charge in [-0.1, -0.05) is 13.8 Å². The maximum atomic E-state index is 9.03. The highest BCUT2D eigenvalue weighted by atomic mass is 16.3. The van der Waals surface area contributed by atoms with Crippen molar-refractivity contribution in [3.63, 3.8) is 0 Å². The minimum absolute atomic E-state index is 0.332. The van der Waals surface area contributed by atoms with Crippen molar-refractivity contribution in [1.29, 1.82) is 0 Å². The van der Waals surface area contributed by atoms with Crippen LogP contribution in [-0.2, 0) is 0 Å². The molecule has 2 atom stereocenters. The van der Waals surface area contributed by atoms with Gasteiger partial charge in [-0.2, -0.15) is 0 Å². The molecular weight excluding hydrogens is 130 g/mol. The van der Waals surface area contributed by atoms with Crippen LogP contribution in [0.25, 0.3) is 0 Å². The topological polar surface area (TPSA) is 52.5 Å². The SMILES string of the molecule is CCC(O)CNC(O)CC. The molecule has 0 rings (SSSR count). The lowest BCUT2D eigenvalue weighted by atomic mass is 10.3. The number of aliphatic hydroxyl groups is 2. The van der Waals surface area contributed by atoms with Gasteiger partial charge in [0.25, 0.3) is 0 Å². The summed E-state index contributed by atoms with van der Waals surface area (Å²) in [6.45, 7) is 4.27. The molecule has 10 heavy (non-hydrogen) atoms. The third kappa shape index (κ3) is 4.73. The molecule has 2 unspecified atom stereocenters. The van der Waals surface area contributed by atoms with Gasteiger partial charge in [0.1, 0.15) is 6.23 Å². The van der Waals surface area contributed by atoms with Crippen molar-refractivity contribution < 1.29 is 10.2 Å². The van der Waals surface area contributed by atoms with E-state index in [4.69, 9.17) is 10.2 Å². The van der Waals surface area contributed by atoms with Crippen LogP contribution < -0.4 is 5.32 Å². The van der Waals surface area contributed by atoms with Gasteiger partial charge in [-0.25, -0.2) is 0 Å². The predicted octanol–water partition coefficient (Wildman–Crippen LogP) is 0.0753. The fraction of sp³-hybridized carbons (Fsp3) is 1.00. The monoisotopic (exact) mass is 147 g/mol. The van der Waals surface area contributed by atoms with E-state index >= 15 is 0 Å². The molecule has 62 valence electrons. The number of hydrogen-bond acceptors (Lipinski definition) is 3. The van der Waals surface area contributed by atoms with Crippen molar-refractivity contribution in [3.05, 3.63) is 0 Å². The Kier molecular flexibility index (Phi) is 5.58. The van der Waals surface area contributed by atoms with Crippen LogP contribution in [0.1, 0.15) is 26.7 Å². The average molecular weight is 147 g/mol. The number of nitrogens with one attached hydrogen (secondary N) is 1. The summed E-state index contributed by atoms with van der Waals surface area (Å²) in [7, 11) is 0. The molecule has 0 saturated carbocycles. The molecule has 0 amide bonds. The van der Waals surface area contributed by atoms with Crippen LogP contribution >= 0.6 is 0 Å². The van der Waals surface area contributed by atoms with Crippen LogP contribution in [0.3, 0.4) is 0 Å². The van der Waals surface area contributed by atoms with Crippen molar-refractivity contribution in [2.24, 2.45) is 0 Å². The molecule has 0 aliphatic heterocycles. The highest BCUT2D eigenvalue weighted by molar-refractivity contribution is 4.57. The van der Waals surface area contributed by atoms with Gasteiger partial charge in [0.05, 0.1) is 6.10 Å². The first kappa shape index (κ1) is 9.88. The predicted molar refractivity (Wildman–Crippen MR) is 40.6 cm³/mol. The van der Waals surface area contributed by atoms with Gasteiger partial charge in [0, 0.05) is 6.54 Å². The van der Waals surface area contributed by atoms with Gasteiger partial charge in [0.2, 0.25) is 0 Å². The Bertz CT molecular complexity index is 68.0. The maximum Gasteiger partial charge on any atom is 0.104 e. The summed E-state index contributed by atoms with van der Waals surface area (Å²) in [5, 5.41) is 20.8. The quantitative estimate of drug-likeness (QED) is 0.482. The zero-order valence-electron chi connectivity index (χ0n) is 6.67. The molecule has 0 aliphatic carbocycles. The second-order valence-electron chi connectivity index (χ2n) is 2.39. The minimum Gasteiger partial charge on any atom is -0.392 e. The van der Waals surface area contributed by atoms with Crippen LogP contribution in [0.15, 0.2) is 0 Å². The summed E-state index contributed by atoms with van der Waals surface area (Å²) in [5.74, 6) is 0. The molecule has 3 N–H and O–H groups in total. The Balaban J connectivity index is 3.17. The fourth-order valence-electron chi connectivity index (χ4n) is 0.561. The van der Waals surface area contributed by atoms with Gasteiger partial charge in [-0.15, -0.1) is 0 Å². The normalized spacial score (nSPS) is 16.8. The zero-order chi connectivity index (χ0) is 7.98. The lowest BCUT2D eigenvalue weighted by Crippen LogP contribution is -2.34. The van der Waals surface area contributed by atoms with Crippen LogP contribution in [0, 0.1) is 0 Å². The van der Waals surface area contributed by atoms with Crippen LogP contribution in [-0.4, -0.2) is 29.1 Å². The molecule has 3 heteroatoms. The second kappa shape index (κ2) is 5.65. The maximum absolute atomic E-state index is 9.03. The highest BCUT2D eigenvalue weighted by Gasteiger charge is 2.02. The molecule has 0 radical (unpaired) electrons. The molecule has 0 spiro atoms. The molecule has 0 fully saturated rings. The van der Waals surface area contributed by atoms with E-state index < -0.39 is 6.23 Å². The molecule has 0 aromatic rings. The Morgan fingerprint density at radius 1 is 1.20 bits per heavy atom. The van der Waals surface area contributed by atoms with Crippen molar-refractivity contribution >= 4 is 0 Å². The standard InChI is InChI=1S/C7H17NO2/c1-3-6(9)5-8-7(10)4-2/h6-10H,3-5H2,1-2H3. The zero-order valence-corrected chi connectivity index (χ0v) is 6.67. The average Bonchev–Trinajstić information content (AvgIpc) is 1.99. The first-order valence-electron chi connectivity index (χ1n) is 3.80. The van der Waals surface area contributed by atoms with Gasteiger partial charge in [-0.3, -0.25) is 5.32 Å². The number of rotatable bonds is 5. The van der Waals surface area contributed by atoms with E-state index in [1.165, 1.54) is 0 Å². The van der Waals surface area contributed by atoms with Gasteiger partial charge < -0.3 is 10.2 Å². The van der Waals surface area contributed by atoms with E-state index in [0.29, 0.717) is 13.0 Å². The number of hydrogen-bond donors (Lipinski definition) is 3. The Morgan fingerprint density at radius 3 is 2.20 bits per heavy atom. The van der Waals surface area contributed by atoms with Crippen LogP contribution in [0.4, 0.5) is 0 Å². The first-order valence-corrected chi connectivity index (χ1v) is 3.80. The molecular formula is C7H17NO2. The Labute approximate surface area is 62.1 Å². The molecule has 0 aromatic carbocycles. The third-order valence-corrected chi connectivity index (χ3v) is 1.45. The lowest BCUT2D eigenvalue weighted by molar-refractivity contribution is 0.0979. The second-order valence-corrected chi connectivity index (χ2v) is 2.39. The van der Waals surface area contributed by atoms with Crippen molar-refractivity contribution in [2.75, 3.05) is 6.54 Å². The minimum atomic E-state index is -0.471. The fourth-order valence-corrected chi connectivity index (χ4v) is 0.561. The summed E-state index contributed by atoms with van der Waals surface area (Å²) in [6.07, 6.45) is 0.599. The first-order chi connectivity index (χ1) is 4.70. The van der Waals surface area contributed by atoms with E-state index in [-0.39, 0.29) is 6.10 Å². The van der Waals surface area contributed by atoms with Crippen molar-refractivity contribution in [1.82, 2.24) is 5.32 Å². The summed E-state index contributed by atoms with van der Waals surface area (Å²) in [5.41, 5.74) is 0. The van der Waals surface area contributed by atoms with Gasteiger partial charge in [0.15, 0.2) is 0 Å². The molecule has 0 aliphatic rings. The van der Waals surface area contributed by atoms with Crippen molar-refractivity contribution in [3.8, 4) is 0 Å². The largest absolute Gasteiger partial charge is 0.392 e. The van der Waals surface area contributed by atoms with E-state index in [1.807, 2.05) is 13.8 Å². The van der Waals surface area contributed by atoms with Crippen LogP contribution in [0.2, 0.25) is 0 Å². The summed E-state index contributed by atoms with van der Waals surface area (Å²) >= 11 is 0. The van der Waals surface area contributed by atoms with Gasteiger partial charge >= 0.3 is 0 Å². The molecule has 0 aromatic heterocycles. The molecule has 0 bridgehead atoms. The summed E-state index contributed by atoms with van der Waals surface area (Å²) in [4.78, 5) is 0. The summed E-state index contributed by atoms with van der Waals surface area (Å²) in [6, 6.07) is 0. The van der Waals surface area contributed by atoms with E-state index in [0.717, 1.165) is 6.42 Å². The summed E-state index contributed by atoms with van der Waals surface area (Å²) < 4.78 is 0. The van der Waals surface area contributed by atoms with Gasteiger partial charge in [-0.05, 0) is 12.8 Å². The Morgan fingerprint density at radius 2 is 1.80 bits per heavy atom. The number of aliphatic hydroxyl groups excluding tert-OH is 2. The third-order valence-electron chi connectivity index (χ3n) is 1.45. The van der Waals surface area contributed by atoms with E-state index in [1.54, 1.807) is 0 Å². The Hall–Kier alpha value is -0.120. The smallest absolute Gasteiger partial charge is 0.104 e. The van der Waals surface area contributed by atoms with E-state index in [2.05, 4.69) is 5.32 Å². The molecule has 3 nitrogen and oxygen atoms in total. The molecule has 0 heterocycles. The highest BCUT2D eigenvalue weighted by Crippen LogP contribution is 1.89.